The number of nitrogens with two attached hydrogens (primary N) is 1. The van der Waals surface area contributed by atoms with Gasteiger partial charge in [-0.2, -0.15) is 0 Å². The molecular weight excluding hydrogens is 234 g/mol. The van der Waals surface area contributed by atoms with Crippen molar-refractivity contribution in [3.8, 4) is 0 Å². The fourth-order valence-electron chi connectivity index (χ4n) is 3.01. The predicted molar refractivity (Wildman–Crippen MR) is 82.0 cm³/mol. The largest absolute Gasteiger partial charge is 0.384 e. The van der Waals surface area contributed by atoms with E-state index in [1.165, 1.54) is 31.4 Å². The predicted octanol–water partition coefficient (Wildman–Crippen LogP) is 3.29. The summed E-state index contributed by atoms with van der Waals surface area (Å²) in [4.78, 5) is 2.39. The average Bonchev–Trinajstić information content (AvgIpc) is 2.38. The summed E-state index contributed by atoms with van der Waals surface area (Å²) in [6.07, 6.45) is 5.23. The third-order valence-corrected chi connectivity index (χ3v) is 4.44. The number of nitrogens with one attached hydrogen (secondary N) is 1. The number of benzene rings is 1. The quantitative estimate of drug-likeness (QED) is 0.646. The molecule has 0 atom stereocenters. The zero-order chi connectivity index (χ0) is 14.0. The van der Waals surface area contributed by atoms with Gasteiger partial charge in [-0.15, -0.1) is 0 Å². The van der Waals surface area contributed by atoms with Crippen LogP contribution in [-0.4, -0.2) is 18.9 Å². The topological polar surface area (TPSA) is 53.1 Å². The van der Waals surface area contributed by atoms with Gasteiger partial charge in [-0.05, 0) is 62.3 Å². The van der Waals surface area contributed by atoms with Crippen LogP contribution in [0.5, 0.6) is 0 Å². The first-order valence-electron chi connectivity index (χ1n) is 7.17. The molecule has 3 N–H and O–H groups in total. The van der Waals surface area contributed by atoms with Gasteiger partial charge in [-0.3, -0.25) is 5.41 Å². The minimum atomic E-state index is 0.151. The van der Waals surface area contributed by atoms with Crippen molar-refractivity contribution in [2.24, 2.45) is 11.7 Å². The lowest BCUT2D eigenvalue weighted by Crippen LogP contribution is -2.34. The Morgan fingerprint density at radius 1 is 1.26 bits per heavy atom. The fraction of sp³-hybridized carbons (Fsp3) is 0.562. The first-order chi connectivity index (χ1) is 8.99. The molecule has 3 nitrogen and oxygen atoms in total. The van der Waals surface area contributed by atoms with Crippen LogP contribution in [0.1, 0.15) is 43.7 Å². The van der Waals surface area contributed by atoms with E-state index in [2.05, 4.69) is 31.0 Å². The molecule has 3 heteroatoms. The molecule has 19 heavy (non-hydrogen) atoms. The van der Waals surface area contributed by atoms with E-state index in [9.17, 15) is 0 Å². The van der Waals surface area contributed by atoms with Gasteiger partial charge < -0.3 is 10.6 Å². The lowest BCUT2D eigenvalue weighted by Gasteiger charge is -2.35. The average molecular weight is 259 g/mol. The molecular formula is C16H25N3. The third kappa shape index (κ3) is 3.09. The highest BCUT2D eigenvalue weighted by molar-refractivity contribution is 5.96. The molecule has 1 aromatic rings. The van der Waals surface area contributed by atoms with Crippen LogP contribution in [-0.2, 0) is 0 Å². The lowest BCUT2D eigenvalue weighted by molar-refractivity contribution is 0.341. The molecule has 0 bridgehead atoms. The molecule has 104 valence electrons. The SMILES string of the molecule is Cc1cc(N(C)C2CCC(C)CC2)ccc1C(=N)N. The molecule has 0 saturated heterocycles. The van der Waals surface area contributed by atoms with Crippen molar-refractivity contribution in [1.82, 2.24) is 0 Å². The minimum absolute atomic E-state index is 0.151. The van der Waals surface area contributed by atoms with Gasteiger partial charge in [0.15, 0.2) is 0 Å². The maximum Gasteiger partial charge on any atom is 0.123 e. The smallest absolute Gasteiger partial charge is 0.123 e. The van der Waals surface area contributed by atoms with Crippen LogP contribution in [0.2, 0.25) is 0 Å². The van der Waals surface area contributed by atoms with E-state index < -0.39 is 0 Å². The molecule has 0 aromatic heterocycles. The number of hydrogen-bond donors (Lipinski definition) is 2. The Balaban J connectivity index is 2.13. The van der Waals surface area contributed by atoms with Gasteiger partial charge in [0, 0.05) is 24.3 Å². The van der Waals surface area contributed by atoms with E-state index in [-0.39, 0.29) is 5.84 Å². The van der Waals surface area contributed by atoms with E-state index >= 15 is 0 Å². The van der Waals surface area contributed by atoms with E-state index in [1.54, 1.807) is 0 Å². The highest BCUT2D eigenvalue weighted by atomic mass is 15.1. The summed E-state index contributed by atoms with van der Waals surface area (Å²) in [6.45, 7) is 4.37. The monoisotopic (exact) mass is 259 g/mol. The summed E-state index contributed by atoms with van der Waals surface area (Å²) < 4.78 is 0. The van der Waals surface area contributed by atoms with Crippen LogP contribution in [0.25, 0.3) is 0 Å². The summed E-state index contributed by atoms with van der Waals surface area (Å²) >= 11 is 0. The summed E-state index contributed by atoms with van der Waals surface area (Å²) in [5, 5.41) is 7.54. The summed E-state index contributed by atoms with van der Waals surface area (Å²) in [7, 11) is 2.18. The maximum absolute atomic E-state index is 7.54. The first kappa shape index (κ1) is 13.9. The van der Waals surface area contributed by atoms with E-state index in [4.69, 9.17) is 11.1 Å². The molecule has 0 spiro atoms. The van der Waals surface area contributed by atoms with Crippen LogP contribution in [0, 0.1) is 18.3 Å². The second kappa shape index (κ2) is 5.64. The molecule has 0 aliphatic heterocycles. The Labute approximate surface area is 116 Å². The van der Waals surface area contributed by atoms with Gasteiger partial charge >= 0.3 is 0 Å². The van der Waals surface area contributed by atoms with Crippen molar-refractivity contribution >= 4 is 11.5 Å². The molecule has 1 fully saturated rings. The highest BCUT2D eigenvalue weighted by Crippen LogP contribution is 2.30. The Hall–Kier alpha value is -1.51. The normalized spacial score (nSPS) is 23.1. The van der Waals surface area contributed by atoms with Crippen LogP contribution in [0.4, 0.5) is 5.69 Å². The molecule has 0 heterocycles. The second-order valence-electron chi connectivity index (χ2n) is 5.94. The zero-order valence-corrected chi connectivity index (χ0v) is 12.2. The third-order valence-electron chi connectivity index (χ3n) is 4.44. The van der Waals surface area contributed by atoms with Crippen molar-refractivity contribution in [3.63, 3.8) is 0 Å². The van der Waals surface area contributed by atoms with E-state index in [0.717, 1.165) is 17.0 Å². The van der Waals surface area contributed by atoms with Crippen LogP contribution < -0.4 is 10.6 Å². The van der Waals surface area contributed by atoms with Crippen molar-refractivity contribution in [1.29, 1.82) is 5.41 Å². The molecule has 1 aromatic carbocycles. The van der Waals surface area contributed by atoms with Crippen LogP contribution >= 0.6 is 0 Å². The zero-order valence-electron chi connectivity index (χ0n) is 12.2. The molecule has 1 aliphatic rings. The summed E-state index contributed by atoms with van der Waals surface area (Å²) in [6, 6.07) is 6.85. The number of hydrogen-bond acceptors (Lipinski definition) is 2. The van der Waals surface area contributed by atoms with Gasteiger partial charge in [0.1, 0.15) is 5.84 Å². The molecule has 0 unspecified atom stereocenters. The number of aryl methyl sites for hydroxylation is 1. The molecule has 1 aliphatic carbocycles. The molecule has 0 amide bonds. The number of anilines is 1. The second-order valence-corrected chi connectivity index (χ2v) is 5.94. The minimum Gasteiger partial charge on any atom is -0.384 e. The van der Waals surface area contributed by atoms with Crippen LogP contribution in [0.3, 0.4) is 0 Å². The molecule has 0 radical (unpaired) electrons. The Kier molecular flexibility index (Phi) is 4.13. The van der Waals surface area contributed by atoms with Gasteiger partial charge in [0.25, 0.3) is 0 Å². The van der Waals surface area contributed by atoms with Crippen LogP contribution in [0.15, 0.2) is 18.2 Å². The summed E-state index contributed by atoms with van der Waals surface area (Å²) in [5.74, 6) is 1.03. The van der Waals surface area contributed by atoms with Crippen molar-refractivity contribution in [3.05, 3.63) is 29.3 Å². The Morgan fingerprint density at radius 2 is 1.89 bits per heavy atom. The molecule has 2 rings (SSSR count). The maximum atomic E-state index is 7.54. The number of rotatable bonds is 3. The molecule has 1 saturated carbocycles. The van der Waals surface area contributed by atoms with E-state index in [1.807, 2.05) is 13.0 Å². The summed E-state index contributed by atoms with van der Waals surface area (Å²) in [5.41, 5.74) is 8.73. The fourth-order valence-corrected chi connectivity index (χ4v) is 3.01. The number of nitrogen functional groups attached to an aromatic ring is 1. The van der Waals surface area contributed by atoms with Gasteiger partial charge in [-0.1, -0.05) is 6.92 Å². The van der Waals surface area contributed by atoms with Crippen molar-refractivity contribution in [2.75, 3.05) is 11.9 Å². The van der Waals surface area contributed by atoms with Crippen molar-refractivity contribution in [2.45, 2.75) is 45.6 Å². The Morgan fingerprint density at radius 3 is 2.42 bits per heavy atom. The first-order valence-corrected chi connectivity index (χ1v) is 7.17. The number of nitrogens with zero attached hydrogens (tertiary/aromatic N) is 1. The number of amidine groups is 1. The highest BCUT2D eigenvalue weighted by Gasteiger charge is 2.22. The van der Waals surface area contributed by atoms with E-state index in [0.29, 0.717) is 6.04 Å². The lowest BCUT2D eigenvalue weighted by atomic mass is 9.86. The van der Waals surface area contributed by atoms with Gasteiger partial charge in [-0.25, -0.2) is 0 Å². The van der Waals surface area contributed by atoms with Crippen molar-refractivity contribution < 1.29 is 0 Å². The standard InChI is InChI=1S/C16H25N3/c1-11-4-6-13(7-5-11)19(3)14-8-9-15(16(17)18)12(2)10-14/h8-11,13H,4-7H2,1-3H3,(H3,17,18). The van der Waals surface area contributed by atoms with Gasteiger partial charge in [0.2, 0.25) is 0 Å². The van der Waals surface area contributed by atoms with Gasteiger partial charge in [0.05, 0.1) is 0 Å². The Bertz CT molecular complexity index is 459.